The van der Waals surface area contributed by atoms with Gasteiger partial charge in [0.2, 0.25) is 0 Å². The van der Waals surface area contributed by atoms with Gasteiger partial charge in [0.05, 0.1) is 17.2 Å². The lowest BCUT2D eigenvalue weighted by atomic mass is 10.0. The van der Waals surface area contributed by atoms with Gasteiger partial charge in [0.25, 0.3) is 0 Å². The van der Waals surface area contributed by atoms with Crippen molar-refractivity contribution in [3.8, 4) is 0 Å². The minimum Gasteiger partial charge on any atom is -0.355 e. The predicted octanol–water partition coefficient (Wildman–Crippen LogP) is 3.27. The van der Waals surface area contributed by atoms with Crippen molar-refractivity contribution in [2.75, 3.05) is 26.7 Å². The highest BCUT2D eigenvalue weighted by Crippen LogP contribution is 2.17. The summed E-state index contributed by atoms with van der Waals surface area (Å²) >= 11 is 1.73. The van der Waals surface area contributed by atoms with Crippen molar-refractivity contribution in [2.24, 2.45) is 10.9 Å². The van der Waals surface area contributed by atoms with Crippen molar-refractivity contribution < 1.29 is 0 Å². The second-order valence-electron chi connectivity index (χ2n) is 7.15. The number of hydrogen-bond donors (Lipinski definition) is 2. The average molecular weight is 366 g/mol. The molecule has 1 aliphatic heterocycles. The Morgan fingerprint density at radius 2 is 1.96 bits per heavy atom. The van der Waals surface area contributed by atoms with E-state index in [0.29, 0.717) is 12.0 Å². The summed E-state index contributed by atoms with van der Waals surface area (Å²) in [6, 6.07) is 0.558. The Balaban J connectivity index is 1.84. The summed E-state index contributed by atoms with van der Waals surface area (Å²) in [5.41, 5.74) is 1.10. The van der Waals surface area contributed by atoms with Gasteiger partial charge in [-0.15, -0.1) is 11.3 Å². The summed E-state index contributed by atoms with van der Waals surface area (Å²) in [5.74, 6) is 1.50. The molecule has 1 aliphatic rings. The van der Waals surface area contributed by atoms with E-state index in [4.69, 9.17) is 0 Å². The third-order valence-electron chi connectivity index (χ3n) is 4.92. The van der Waals surface area contributed by atoms with Crippen molar-refractivity contribution in [1.82, 2.24) is 20.5 Å². The SMILES string of the molecule is CCc1nc(CNC(=NC)NCC(C(C)C)N2CCCCCC2)cs1. The Labute approximate surface area is 157 Å². The van der Waals surface area contributed by atoms with E-state index >= 15 is 0 Å². The van der Waals surface area contributed by atoms with Gasteiger partial charge in [0.15, 0.2) is 5.96 Å². The highest BCUT2D eigenvalue weighted by molar-refractivity contribution is 7.09. The van der Waals surface area contributed by atoms with Crippen LogP contribution >= 0.6 is 11.3 Å². The number of rotatable bonds is 7. The first kappa shape index (κ1) is 20.2. The van der Waals surface area contributed by atoms with Crippen molar-refractivity contribution in [1.29, 1.82) is 0 Å². The van der Waals surface area contributed by atoms with E-state index in [1.165, 1.54) is 43.8 Å². The summed E-state index contributed by atoms with van der Waals surface area (Å²) < 4.78 is 0. The van der Waals surface area contributed by atoms with E-state index in [-0.39, 0.29) is 0 Å². The molecule has 0 aromatic carbocycles. The molecule has 1 aromatic rings. The molecule has 0 amide bonds. The average Bonchev–Trinajstić information content (AvgIpc) is 2.91. The predicted molar refractivity (Wildman–Crippen MR) is 108 cm³/mol. The lowest BCUT2D eigenvalue weighted by molar-refractivity contribution is 0.161. The smallest absolute Gasteiger partial charge is 0.191 e. The maximum atomic E-state index is 4.61. The third kappa shape index (κ3) is 6.59. The fraction of sp³-hybridized carbons (Fsp3) is 0.789. The minimum atomic E-state index is 0.558. The fourth-order valence-corrected chi connectivity index (χ4v) is 4.15. The van der Waals surface area contributed by atoms with Gasteiger partial charge in [0.1, 0.15) is 0 Å². The monoisotopic (exact) mass is 365 g/mol. The molecule has 1 atom stereocenters. The van der Waals surface area contributed by atoms with Crippen LogP contribution in [0.25, 0.3) is 0 Å². The molecule has 0 bridgehead atoms. The molecule has 2 N–H and O–H groups in total. The van der Waals surface area contributed by atoms with Gasteiger partial charge >= 0.3 is 0 Å². The van der Waals surface area contributed by atoms with E-state index in [2.05, 4.69) is 51.7 Å². The zero-order valence-electron chi connectivity index (χ0n) is 16.3. The number of aliphatic imine (C=N–C) groups is 1. The first-order valence-corrected chi connectivity index (χ1v) is 10.6. The van der Waals surface area contributed by atoms with Crippen LogP contribution in [0, 0.1) is 5.92 Å². The first-order valence-electron chi connectivity index (χ1n) is 9.75. The van der Waals surface area contributed by atoms with Crippen LogP contribution in [-0.4, -0.2) is 48.6 Å². The summed E-state index contributed by atoms with van der Waals surface area (Å²) in [7, 11) is 1.84. The Morgan fingerprint density at radius 1 is 1.24 bits per heavy atom. The molecule has 5 nitrogen and oxygen atoms in total. The van der Waals surface area contributed by atoms with Crippen LogP contribution in [-0.2, 0) is 13.0 Å². The van der Waals surface area contributed by atoms with Crippen LogP contribution in [0.15, 0.2) is 10.4 Å². The Morgan fingerprint density at radius 3 is 2.52 bits per heavy atom. The van der Waals surface area contributed by atoms with Gasteiger partial charge in [-0.1, -0.05) is 33.6 Å². The molecule has 0 spiro atoms. The largest absolute Gasteiger partial charge is 0.355 e. The molecular weight excluding hydrogens is 330 g/mol. The fourth-order valence-electron chi connectivity index (χ4n) is 3.40. The van der Waals surface area contributed by atoms with E-state index in [1.807, 2.05) is 7.05 Å². The second-order valence-corrected chi connectivity index (χ2v) is 8.10. The summed E-state index contributed by atoms with van der Waals surface area (Å²) in [5, 5.41) is 10.3. The number of aryl methyl sites for hydroxylation is 1. The molecule has 1 unspecified atom stereocenters. The maximum Gasteiger partial charge on any atom is 0.191 e. The molecule has 142 valence electrons. The molecule has 2 heterocycles. The quantitative estimate of drug-likeness (QED) is 0.575. The van der Waals surface area contributed by atoms with Gasteiger partial charge in [-0.05, 0) is 38.3 Å². The molecule has 2 rings (SSSR count). The van der Waals surface area contributed by atoms with Crippen LogP contribution in [0.5, 0.6) is 0 Å². The summed E-state index contributed by atoms with van der Waals surface area (Å²) in [6.45, 7) is 10.9. The Kier molecular flexibility index (Phi) is 8.68. The van der Waals surface area contributed by atoms with Gasteiger partial charge < -0.3 is 10.6 Å². The number of thiazole rings is 1. The van der Waals surface area contributed by atoms with E-state index in [1.54, 1.807) is 11.3 Å². The highest BCUT2D eigenvalue weighted by Gasteiger charge is 2.22. The van der Waals surface area contributed by atoms with E-state index in [0.717, 1.165) is 31.2 Å². The summed E-state index contributed by atoms with van der Waals surface area (Å²) in [6.07, 6.45) is 6.43. The number of nitrogens with zero attached hydrogens (tertiary/aromatic N) is 3. The molecule has 1 fully saturated rings. The van der Waals surface area contributed by atoms with Crippen LogP contribution in [0.4, 0.5) is 0 Å². The van der Waals surface area contributed by atoms with Crippen LogP contribution < -0.4 is 10.6 Å². The number of nitrogens with one attached hydrogen (secondary N) is 2. The maximum absolute atomic E-state index is 4.61. The third-order valence-corrected chi connectivity index (χ3v) is 5.96. The van der Waals surface area contributed by atoms with Crippen LogP contribution in [0.2, 0.25) is 0 Å². The zero-order valence-corrected chi connectivity index (χ0v) is 17.2. The molecular formula is C19H35N5S. The van der Waals surface area contributed by atoms with E-state index < -0.39 is 0 Å². The van der Waals surface area contributed by atoms with Crippen molar-refractivity contribution in [2.45, 2.75) is 65.5 Å². The number of guanidine groups is 1. The van der Waals surface area contributed by atoms with Gasteiger partial charge in [-0.25, -0.2) is 4.98 Å². The van der Waals surface area contributed by atoms with Gasteiger partial charge in [0, 0.05) is 25.0 Å². The van der Waals surface area contributed by atoms with Gasteiger partial charge in [-0.2, -0.15) is 0 Å². The number of aromatic nitrogens is 1. The molecule has 1 aromatic heterocycles. The molecule has 0 saturated carbocycles. The molecule has 25 heavy (non-hydrogen) atoms. The van der Waals surface area contributed by atoms with Crippen molar-refractivity contribution in [3.63, 3.8) is 0 Å². The van der Waals surface area contributed by atoms with Crippen LogP contribution in [0.1, 0.15) is 57.2 Å². The van der Waals surface area contributed by atoms with E-state index in [9.17, 15) is 0 Å². The highest BCUT2D eigenvalue weighted by atomic mass is 32.1. The molecule has 1 saturated heterocycles. The summed E-state index contributed by atoms with van der Waals surface area (Å²) in [4.78, 5) is 11.7. The second kappa shape index (κ2) is 10.8. The van der Waals surface area contributed by atoms with Crippen molar-refractivity contribution in [3.05, 3.63) is 16.1 Å². The minimum absolute atomic E-state index is 0.558. The first-order chi connectivity index (χ1) is 12.1. The molecule has 0 radical (unpaired) electrons. The standard InChI is InChI=1S/C19H35N5S/c1-5-18-23-16(14-25-18)12-21-19(20-4)22-13-17(15(2)3)24-10-8-6-7-9-11-24/h14-15,17H,5-13H2,1-4H3,(H2,20,21,22). The molecule has 0 aliphatic carbocycles. The lowest BCUT2D eigenvalue weighted by Gasteiger charge is -2.34. The van der Waals surface area contributed by atoms with Crippen molar-refractivity contribution >= 4 is 17.3 Å². The zero-order chi connectivity index (χ0) is 18.1. The Hall–Kier alpha value is -1.14. The van der Waals surface area contributed by atoms with Gasteiger partial charge in [-0.3, -0.25) is 9.89 Å². The number of likely N-dealkylation sites (tertiary alicyclic amines) is 1. The lowest BCUT2D eigenvalue weighted by Crippen LogP contribution is -2.49. The normalized spacial score (nSPS) is 18.2. The number of hydrogen-bond acceptors (Lipinski definition) is 4. The topological polar surface area (TPSA) is 52.6 Å². The van der Waals surface area contributed by atoms with Crippen LogP contribution in [0.3, 0.4) is 0 Å². The molecule has 6 heteroatoms. The Bertz CT molecular complexity index is 518.